The third kappa shape index (κ3) is 2.35. The first-order chi connectivity index (χ1) is 10.2. The summed E-state index contributed by atoms with van der Waals surface area (Å²) in [6, 6.07) is 2.10. The van der Waals surface area contributed by atoms with Crippen LogP contribution in [0.3, 0.4) is 0 Å². The zero-order valence-electron chi connectivity index (χ0n) is 11.3. The molecule has 0 bridgehead atoms. The number of hydrogen-bond acceptors (Lipinski definition) is 5. The molecule has 1 fully saturated rings. The van der Waals surface area contributed by atoms with Gasteiger partial charge in [-0.25, -0.2) is 4.98 Å². The fraction of sp³-hybridized carbons (Fsp3) is 0.429. The third-order valence-electron chi connectivity index (χ3n) is 4.00. The number of nitrogens with one attached hydrogen (secondary N) is 1. The fourth-order valence-electron chi connectivity index (χ4n) is 2.84. The molecule has 4 rings (SSSR count). The lowest BCUT2D eigenvalue weighted by Gasteiger charge is -2.25. The second kappa shape index (κ2) is 5.08. The summed E-state index contributed by atoms with van der Waals surface area (Å²) in [5, 5.41) is 14.6. The van der Waals surface area contributed by atoms with Crippen molar-refractivity contribution in [1.29, 1.82) is 0 Å². The predicted molar refractivity (Wildman–Crippen MR) is 84.2 cm³/mol. The Bertz CT molecular complexity index is 796. The predicted octanol–water partition coefficient (Wildman–Crippen LogP) is 2.64. The molecule has 21 heavy (non-hydrogen) atoms. The Kier molecular flexibility index (Phi) is 3.20. The van der Waals surface area contributed by atoms with Crippen molar-refractivity contribution in [2.24, 2.45) is 0 Å². The van der Waals surface area contributed by atoms with Gasteiger partial charge in [0.2, 0.25) is 0 Å². The van der Waals surface area contributed by atoms with E-state index in [1.165, 1.54) is 11.3 Å². The topological polar surface area (TPSA) is 66.6 Å². The largest absolute Gasteiger partial charge is 0.393 e. The number of nitrogens with zero attached hydrogens (tertiary/aromatic N) is 2. The number of carbonyl (C=O) groups excluding carboxylic acids is 1. The van der Waals surface area contributed by atoms with Crippen LogP contribution in [-0.2, 0) is 0 Å². The molecule has 3 aromatic heterocycles. The molecular weight excluding hydrogens is 306 g/mol. The van der Waals surface area contributed by atoms with Gasteiger partial charge in [-0.15, -0.1) is 22.7 Å². The Labute approximate surface area is 129 Å². The van der Waals surface area contributed by atoms with Crippen LogP contribution >= 0.6 is 22.7 Å². The molecule has 1 amide bonds. The Hall–Kier alpha value is -1.44. The van der Waals surface area contributed by atoms with Gasteiger partial charge in [-0.05, 0) is 31.7 Å². The van der Waals surface area contributed by atoms with Crippen LogP contribution in [0.2, 0.25) is 0 Å². The Morgan fingerprint density at radius 1 is 1.38 bits per heavy atom. The monoisotopic (exact) mass is 321 g/mol. The maximum atomic E-state index is 12.3. The number of amides is 1. The molecule has 2 N–H and O–H groups in total. The zero-order valence-corrected chi connectivity index (χ0v) is 12.9. The highest BCUT2D eigenvalue weighted by molar-refractivity contribution is 7.21. The first-order valence-electron chi connectivity index (χ1n) is 7.05. The van der Waals surface area contributed by atoms with Gasteiger partial charge in [0, 0.05) is 17.6 Å². The lowest BCUT2D eigenvalue weighted by Crippen LogP contribution is -2.38. The average molecular weight is 321 g/mol. The second-order valence-corrected chi connectivity index (χ2v) is 7.35. The van der Waals surface area contributed by atoms with Crippen LogP contribution in [0.4, 0.5) is 0 Å². The molecule has 1 aliphatic rings. The van der Waals surface area contributed by atoms with Gasteiger partial charge in [-0.3, -0.25) is 9.20 Å². The van der Waals surface area contributed by atoms with Gasteiger partial charge in [0.15, 0.2) is 4.96 Å². The highest BCUT2D eigenvalue weighted by Crippen LogP contribution is 2.28. The van der Waals surface area contributed by atoms with Gasteiger partial charge in [0.05, 0.1) is 16.5 Å². The van der Waals surface area contributed by atoms with Gasteiger partial charge in [-0.2, -0.15) is 0 Å². The molecular formula is C14H15N3O2S2. The lowest BCUT2D eigenvalue weighted by atomic mass is 9.93. The Morgan fingerprint density at radius 3 is 3.00 bits per heavy atom. The summed E-state index contributed by atoms with van der Waals surface area (Å²) in [5.74, 6) is -0.0247. The third-order valence-corrected chi connectivity index (χ3v) is 5.77. The van der Waals surface area contributed by atoms with Crippen molar-refractivity contribution in [3.8, 4) is 0 Å². The molecule has 3 aromatic rings. The molecule has 0 saturated heterocycles. The Balaban J connectivity index is 1.54. The summed E-state index contributed by atoms with van der Waals surface area (Å²) in [5.41, 5.74) is 1.00. The summed E-state index contributed by atoms with van der Waals surface area (Å²) >= 11 is 3.03. The fourth-order valence-corrected chi connectivity index (χ4v) is 4.54. The van der Waals surface area contributed by atoms with E-state index in [4.69, 9.17) is 0 Å². The molecule has 0 spiro atoms. The van der Waals surface area contributed by atoms with E-state index in [9.17, 15) is 9.90 Å². The molecule has 7 heteroatoms. The molecule has 0 aromatic carbocycles. The summed E-state index contributed by atoms with van der Waals surface area (Å²) in [7, 11) is 0. The molecule has 110 valence electrons. The average Bonchev–Trinajstić information content (AvgIpc) is 3.12. The summed E-state index contributed by atoms with van der Waals surface area (Å²) < 4.78 is 2.02. The lowest BCUT2D eigenvalue weighted by molar-refractivity contribution is 0.0871. The van der Waals surface area contributed by atoms with Crippen LogP contribution in [-0.4, -0.2) is 32.5 Å². The standard InChI is InChI=1S/C14H15N3O2S2/c18-9-3-1-8(2-4-9)15-12(19)11-7-10-13(21-11)16-14-17(10)5-6-20-14/h5-9,18H,1-4H2,(H,15,19). The number of thiazole rings is 1. The van der Waals surface area contributed by atoms with Crippen LogP contribution in [0, 0.1) is 0 Å². The maximum Gasteiger partial charge on any atom is 0.261 e. The van der Waals surface area contributed by atoms with E-state index in [1.807, 2.05) is 22.0 Å². The second-order valence-electron chi connectivity index (χ2n) is 5.45. The highest BCUT2D eigenvalue weighted by Gasteiger charge is 2.22. The van der Waals surface area contributed by atoms with Crippen molar-refractivity contribution in [2.45, 2.75) is 37.8 Å². The van der Waals surface area contributed by atoms with Crippen LogP contribution in [0.5, 0.6) is 0 Å². The zero-order chi connectivity index (χ0) is 14.4. The van der Waals surface area contributed by atoms with Crippen molar-refractivity contribution < 1.29 is 9.90 Å². The number of carbonyl (C=O) groups is 1. The summed E-state index contributed by atoms with van der Waals surface area (Å²) in [6.45, 7) is 0. The molecule has 0 atom stereocenters. The van der Waals surface area contributed by atoms with Crippen molar-refractivity contribution >= 4 is 43.9 Å². The van der Waals surface area contributed by atoms with Crippen LogP contribution in [0.25, 0.3) is 15.3 Å². The van der Waals surface area contributed by atoms with Crippen molar-refractivity contribution in [1.82, 2.24) is 14.7 Å². The van der Waals surface area contributed by atoms with E-state index >= 15 is 0 Å². The van der Waals surface area contributed by atoms with Gasteiger partial charge < -0.3 is 10.4 Å². The SMILES string of the molecule is O=C(NC1CCC(O)CC1)c1cc2c(nc3sccn32)s1. The molecule has 3 heterocycles. The normalized spacial score (nSPS) is 22.9. The smallest absolute Gasteiger partial charge is 0.261 e. The van der Waals surface area contributed by atoms with Gasteiger partial charge >= 0.3 is 0 Å². The minimum Gasteiger partial charge on any atom is -0.393 e. The first-order valence-corrected chi connectivity index (χ1v) is 8.74. The van der Waals surface area contributed by atoms with Gasteiger partial charge in [0.1, 0.15) is 4.83 Å². The number of aliphatic hydroxyl groups excluding tert-OH is 1. The minimum atomic E-state index is -0.198. The summed E-state index contributed by atoms with van der Waals surface area (Å²) in [6.07, 6.45) is 5.03. The van der Waals surface area contributed by atoms with Crippen LogP contribution < -0.4 is 5.32 Å². The van der Waals surface area contributed by atoms with Gasteiger partial charge in [0.25, 0.3) is 5.91 Å². The quantitative estimate of drug-likeness (QED) is 0.762. The minimum absolute atomic E-state index is 0.0247. The summed E-state index contributed by atoms with van der Waals surface area (Å²) in [4.78, 5) is 19.4. The van der Waals surface area contributed by atoms with Crippen LogP contribution in [0.1, 0.15) is 35.4 Å². The maximum absolute atomic E-state index is 12.3. The van der Waals surface area contributed by atoms with Crippen molar-refractivity contribution in [2.75, 3.05) is 0 Å². The number of rotatable bonds is 2. The molecule has 1 saturated carbocycles. The number of aliphatic hydroxyl groups is 1. The van der Waals surface area contributed by atoms with E-state index in [1.54, 1.807) is 11.3 Å². The van der Waals surface area contributed by atoms with E-state index in [0.717, 1.165) is 41.0 Å². The molecule has 1 aliphatic carbocycles. The number of thiophene rings is 1. The molecule has 5 nitrogen and oxygen atoms in total. The van der Waals surface area contributed by atoms with Gasteiger partial charge in [-0.1, -0.05) is 0 Å². The Morgan fingerprint density at radius 2 is 2.19 bits per heavy atom. The van der Waals surface area contributed by atoms with E-state index in [2.05, 4.69) is 10.3 Å². The number of imidazole rings is 1. The van der Waals surface area contributed by atoms with E-state index < -0.39 is 0 Å². The first kappa shape index (κ1) is 13.2. The molecule has 0 unspecified atom stereocenters. The van der Waals surface area contributed by atoms with E-state index in [-0.39, 0.29) is 18.1 Å². The van der Waals surface area contributed by atoms with Crippen LogP contribution in [0.15, 0.2) is 17.6 Å². The highest BCUT2D eigenvalue weighted by atomic mass is 32.1. The van der Waals surface area contributed by atoms with Crippen molar-refractivity contribution in [3.63, 3.8) is 0 Å². The number of hydrogen-bond donors (Lipinski definition) is 2. The number of fused-ring (bicyclic) bond motifs is 3. The molecule has 0 aliphatic heterocycles. The van der Waals surface area contributed by atoms with E-state index in [0.29, 0.717) is 4.88 Å². The molecule has 0 radical (unpaired) electrons. The van der Waals surface area contributed by atoms with Crippen molar-refractivity contribution in [3.05, 3.63) is 22.5 Å². The number of aromatic nitrogens is 2.